The number of carbonyl (C=O) groups is 1. The van der Waals surface area contributed by atoms with Gasteiger partial charge < -0.3 is 14.8 Å². The number of aryl methyl sites for hydroxylation is 1. The molecule has 1 amide bonds. The Kier molecular flexibility index (Phi) is 8.05. The van der Waals surface area contributed by atoms with E-state index in [1.54, 1.807) is 13.0 Å². The van der Waals surface area contributed by atoms with Crippen molar-refractivity contribution in [2.75, 3.05) is 30.4 Å². The molecule has 1 N–H and O–H groups in total. The van der Waals surface area contributed by atoms with E-state index in [1.165, 1.54) is 50.6 Å². The van der Waals surface area contributed by atoms with Gasteiger partial charge in [-0.1, -0.05) is 23.7 Å². The Morgan fingerprint density at radius 1 is 1.00 bits per heavy atom. The first-order chi connectivity index (χ1) is 16.9. The molecular formula is C24H22ClF3N2O5S. The minimum absolute atomic E-state index is 0.0329. The summed E-state index contributed by atoms with van der Waals surface area (Å²) in [7, 11) is -1.95. The van der Waals surface area contributed by atoms with Crippen LogP contribution < -0.4 is 19.1 Å². The SMILES string of the molecule is COc1ccc(Cl)cc1NC(=O)CN(c1cccc(C(F)(F)F)c1)S(=O)(=O)c1cc(C)ccc1OC. The number of methoxy groups -OCH3 is 2. The molecule has 0 radical (unpaired) electrons. The minimum Gasteiger partial charge on any atom is -0.495 e. The van der Waals surface area contributed by atoms with Crippen LogP contribution in [0.15, 0.2) is 65.6 Å². The number of anilines is 2. The summed E-state index contributed by atoms with van der Waals surface area (Å²) in [5, 5.41) is 2.78. The van der Waals surface area contributed by atoms with E-state index >= 15 is 0 Å². The van der Waals surface area contributed by atoms with Crippen LogP contribution in [0.3, 0.4) is 0 Å². The first-order valence-electron chi connectivity index (χ1n) is 10.3. The summed E-state index contributed by atoms with van der Waals surface area (Å²) in [5.74, 6) is -0.626. The van der Waals surface area contributed by atoms with Crippen LogP contribution in [0.1, 0.15) is 11.1 Å². The van der Waals surface area contributed by atoms with Gasteiger partial charge in [0.05, 0.1) is 31.2 Å². The highest BCUT2D eigenvalue weighted by molar-refractivity contribution is 7.93. The van der Waals surface area contributed by atoms with Gasteiger partial charge in [0.25, 0.3) is 10.0 Å². The van der Waals surface area contributed by atoms with Gasteiger partial charge in [0, 0.05) is 5.02 Å². The number of carbonyl (C=O) groups excluding carboxylic acids is 1. The normalized spacial score (nSPS) is 11.6. The molecule has 0 aliphatic heterocycles. The van der Waals surface area contributed by atoms with Crippen LogP contribution in [-0.4, -0.2) is 35.1 Å². The standard InChI is InChI=1S/C24H22ClF3N2O5S/c1-15-7-9-21(35-3)22(11-15)36(32,33)30(18-6-4-5-16(12-18)24(26,27)28)14-23(31)29-19-13-17(25)8-10-20(19)34-2/h4-13H,14H2,1-3H3,(H,29,31). The molecule has 0 unspecified atom stereocenters. The Bertz CT molecular complexity index is 1380. The van der Waals surface area contributed by atoms with Crippen LogP contribution in [0.5, 0.6) is 11.5 Å². The van der Waals surface area contributed by atoms with E-state index in [4.69, 9.17) is 21.1 Å². The van der Waals surface area contributed by atoms with Gasteiger partial charge in [0.1, 0.15) is 22.9 Å². The summed E-state index contributed by atoms with van der Waals surface area (Å²) in [6.45, 7) is 0.793. The van der Waals surface area contributed by atoms with Crippen LogP contribution in [-0.2, 0) is 21.0 Å². The molecule has 192 valence electrons. The fraction of sp³-hybridized carbons (Fsp3) is 0.208. The predicted octanol–water partition coefficient (Wildman–Crippen LogP) is 5.52. The molecule has 7 nitrogen and oxygen atoms in total. The second-order valence-electron chi connectivity index (χ2n) is 7.61. The lowest BCUT2D eigenvalue weighted by molar-refractivity contribution is -0.137. The molecule has 36 heavy (non-hydrogen) atoms. The minimum atomic E-state index is -4.73. The summed E-state index contributed by atoms with van der Waals surface area (Å²) in [4.78, 5) is 12.7. The predicted molar refractivity (Wildman–Crippen MR) is 130 cm³/mol. The number of nitrogens with zero attached hydrogens (tertiary/aromatic N) is 1. The summed E-state index contributed by atoms with van der Waals surface area (Å²) >= 11 is 5.99. The number of nitrogens with one attached hydrogen (secondary N) is 1. The van der Waals surface area contributed by atoms with E-state index in [9.17, 15) is 26.4 Å². The second kappa shape index (κ2) is 10.7. The fourth-order valence-electron chi connectivity index (χ4n) is 3.35. The zero-order valence-corrected chi connectivity index (χ0v) is 21.0. The lowest BCUT2D eigenvalue weighted by atomic mass is 10.2. The van der Waals surface area contributed by atoms with Gasteiger partial charge in [0.15, 0.2) is 0 Å². The summed E-state index contributed by atoms with van der Waals surface area (Å²) in [6.07, 6.45) is -4.73. The van der Waals surface area contributed by atoms with Gasteiger partial charge in [0.2, 0.25) is 5.91 Å². The van der Waals surface area contributed by atoms with Crippen molar-refractivity contribution in [3.8, 4) is 11.5 Å². The van der Waals surface area contributed by atoms with Gasteiger partial charge in [-0.05, 0) is 61.0 Å². The Balaban J connectivity index is 2.10. The van der Waals surface area contributed by atoms with Crippen LogP contribution >= 0.6 is 11.6 Å². The molecular weight excluding hydrogens is 521 g/mol. The lowest BCUT2D eigenvalue weighted by Gasteiger charge is -2.26. The van der Waals surface area contributed by atoms with Crippen molar-refractivity contribution in [2.24, 2.45) is 0 Å². The highest BCUT2D eigenvalue weighted by Gasteiger charge is 2.34. The molecule has 3 aromatic rings. The molecule has 3 aromatic carbocycles. The molecule has 0 spiro atoms. The third-order valence-corrected chi connectivity index (χ3v) is 7.10. The smallest absolute Gasteiger partial charge is 0.416 e. The molecule has 0 aromatic heterocycles. The fourth-order valence-corrected chi connectivity index (χ4v) is 5.18. The molecule has 3 rings (SSSR count). The number of alkyl halides is 3. The summed E-state index contributed by atoms with van der Waals surface area (Å²) in [5.41, 5.74) is -0.717. The maximum atomic E-state index is 13.7. The van der Waals surface area contributed by atoms with Crippen molar-refractivity contribution in [3.05, 3.63) is 76.8 Å². The Morgan fingerprint density at radius 3 is 2.31 bits per heavy atom. The van der Waals surface area contributed by atoms with E-state index < -0.39 is 34.2 Å². The third-order valence-electron chi connectivity index (χ3n) is 5.07. The number of hydrogen-bond acceptors (Lipinski definition) is 5. The number of ether oxygens (including phenoxy) is 2. The van der Waals surface area contributed by atoms with Gasteiger partial charge in [-0.15, -0.1) is 0 Å². The number of sulfonamides is 1. The molecule has 0 fully saturated rings. The average molecular weight is 543 g/mol. The number of halogens is 4. The van der Waals surface area contributed by atoms with Gasteiger partial charge in [-0.25, -0.2) is 8.42 Å². The second-order valence-corrected chi connectivity index (χ2v) is 9.87. The Hall–Kier alpha value is -3.44. The molecule has 0 heterocycles. The van der Waals surface area contributed by atoms with Crippen LogP contribution in [0.2, 0.25) is 5.02 Å². The van der Waals surface area contributed by atoms with Gasteiger partial charge in [-0.2, -0.15) is 13.2 Å². The van der Waals surface area contributed by atoms with E-state index in [2.05, 4.69) is 5.32 Å². The average Bonchev–Trinajstić information content (AvgIpc) is 2.82. The Labute approximate surface area is 211 Å². The maximum Gasteiger partial charge on any atom is 0.416 e. The number of hydrogen-bond donors (Lipinski definition) is 1. The van der Waals surface area contributed by atoms with E-state index in [-0.39, 0.29) is 32.8 Å². The van der Waals surface area contributed by atoms with Gasteiger partial charge >= 0.3 is 6.18 Å². The molecule has 0 bridgehead atoms. The van der Waals surface area contributed by atoms with Crippen molar-refractivity contribution in [3.63, 3.8) is 0 Å². The third kappa shape index (κ3) is 6.03. The van der Waals surface area contributed by atoms with Crippen molar-refractivity contribution in [1.29, 1.82) is 0 Å². The lowest BCUT2D eigenvalue weighted by Crippen LogP contribution is -2.38. The van der Waals surface area contributed by atoms with Gasteiger partial charge in [-0.3, -0.25) is 9.10 Å². The monoisotopic (exact) mass is 542 g/mol. The van der Waals surface area contributed by atoms with Crippen molar-refractivity contribution >= 4 is 38.9 Å². The quantitative estimate of drug-likeness (QED) is 0.405. The molecule has 0 atom stereocenters. The molecule has 0 aliphatic rings. The van der Waals surface area contributed by atoms with Crippen LogP contribution in [0, 0.1) is 6.92 Å². The van der Waals surface area contributed by atoms with E-state index in [1.807, 2.05) is 0 Å². The largest absolute Gasteiger partial charge is 0.495 e. The highest BCUT2D eigenvalue weighted by atomic mass is 35.5. The topological polar surface area (TPSA) is 84.9 Å². The van der Waals surface area contributed by atoms with E-state index in [0.29, 0.717) is 15.9 Å². The summed E-state index contributed by atoms with van der Waals surface area (Å²) in [6, 6.07) is 12.5. The summed E-state index contributed by atoms with van der Waals surface area (Å²) < 4.78 is 78.6. The van der Waals surface area contributed by atoms with Crippen molar-refractivity contribution < 1.29 is 35.9 Å². The zero-order valence-electron chi connectivity index (χ0n) is 19.4. The van der Waals surface area contributed by atoms with Crippen LogP contribution in [0.4, 0.5) is 24.5 Å². The number of benzene rings is 3. The molecule has 12 heteroatoms. The molecule has 0 aliphatic carbocycles. The number of rotatable bonds is 8. The van der Waals surface area contributed by atoms with Crippen molar-refractivity contribution in [2.45, 2.75) is 18.0 Å². The first-order valence-corrected chi connectivity index (χ1v) is 12.2. The highest BCUT2D eigenvalue weighted by Crippen LogP contribution is 2.35. The van der Waals surface area contributed by atoms with Crippen molar-refractivity contribution in [1.82, 2.24) is 0 Å². The Morgan fingerprint density at radius 2 is 1.67 bits per heavy atom. The molecule has 0 saturated carbocycles. The maximum absolute atomic E-state index is 13.7. The molecule has 0 saturated heterocycles. The van der Waals surface area contributed by atoms with Crippen LogP contribution in [0.25, 0.3) is 0 Å². The zero-order chi connectivity index (χ0) is 26.7. The first kappa shape index (κ1) is 27.2. The van der Waals surface area contributed by atoms with E-state index in [0.717, 1.165) is 12.1 Å². The number of amides is 1.